The number of ether oxygens (including phenoxy) is 1. The van der Waals surface area contributed by atoms with Crippen molar-refractivity contribution in [1.29, 1.82) is 0 Å². The lowest BCUT2D eigenvalue weighted by atomic mass is 9.51. The molecule has 2 heterocycles. The number of carboxylic acids is 2. The number of thioether (sulfide) groups is 1. The van der Waals surface area contributed by atoms with Gasteiger partial charge in [-0.3, -0.25) is 9.59 Å². The van der Waals surface area contributed by atoms with E-state index < -0.39 is 46.0 Å². The van der Waals surface area contributed by atoms with Crippen molar-refractivity contribution in [3.8, 4) is 11.5 Å². The monoisotopic (exact) mass is 593 g/mol. The van der Waals surface area contributed by atoms with Crippen LogP contribution in [0.5, 0.6) is 11.5 Å². The van der Waals surface area contributed by atoms with Crippen LogP contribution in [0.1, 0.15) is 66.7 Å². The summed E-state index contributed by atoms with van der Waals surface area (Å²) in [5.74, 6) is -4.14. The van der Waals surface area contributed by atoms with E-state index in [2.05, 4.69) is 18.3 Å². The fraction of sp³-hybridized carbons (Fsp3) is 0.419. The summed E-state index contributed by atoms with van der Waals surface area (Å²) >= 11 is 1.30. The molecule has 2 aliphatic heterocycles. The van der Waals surface area contributed by atoms with Gasteiger partial charge in [0.1, 0.15) is 17.0 Å². The molecule has 4 bridgehead atoms. The van der Waals surface area contributed by atoms with Gasteiger partial charge in [0.25, 0.3) is 0 Å². The Morgan fingerprint density at radius 2 is 1.76 bits per heavy atom. The molecule has 2 saturated carbocycles. The summed E-state index contributed by atoms with van der Waals surface area (Å²) in [5, 5.41) is 41.5. The largest absolute Gasteiger partial charge is 0.506 e. The molecule has 6 atom stereocenters. The molecule has 10 nitrogen and oxygen atoms in total. The molecule has 3 aliphatic carbocycles. The Morgan fingerprint density at radius 3 is 2.40 bits per heavy atom. The average Bonchev–Trinajstić information content (AvgIpc) is 3.29. The summed E-state index contributed by atoms with van der Waals surface area (Å²) in [5.41, 5.74) is -2.23. The molecule has 2 aromatic carbocycles. The van der Waals surface area contributed by atoms with Crippen molar-refractivity contribution < 1.29 is 44.3 Å². The number of allylic oxidation sites excluding steroid dienone is 2. The van der Waals surface area contributed by atoms with Gasteiger partial charge in [-0.15, -0.1) is 0 Å². The van der Waals surface area contributed by atoms with E-state index >= 15 is 0 Å². The van der Waals surface area contributed by atoms with Crippen LogP contribution in [-0.2, 0) is 14.3 Å². The maximum absolute atomic E-state index is 14.3. The molecule has 11 heteroatoms. The fourth-order valence-electron chi connectivity index (χ4n) is 8.08. The highest BCUT2D eigenvalue weighted by Gasteiger charge is 2.72. The zero-order valence-corrected chi connectivity index (χ0v) is 23.9. The maximum Gasteiger partial charge on any atom is 0.339 e. The molecule has 220 valence electrons. The predicted octanol–water partition coefficient (Wildman–Crippen LogP) is 5.05. The van der Waals surface area contributed by atoms with E-state index in [1.165, 1.54) is 23.9 Å². The number of Topliss-reactive ketones (excluding diaryl/α,β-unsaturated/α-hetero) is 1. The Morgan fingerprint density at radius 1 is 1.05 bits per heavy atom. The van der Waals surface area contributed by atoms with Gasteiger partial charge in [0.2, 0.25) is 5.91 Å². The van der Waals surface area contributed by atoms with Gasteiger partial charge in [-0.05, 0) is 80.3 Å². The highest BCUT2D eigenvalue weighted by molar-refractivity contribution is 8.04. The number of anilines is 1. The van der Waals surface area contributed by atoms with Gasteiger partial charge in [-0.2, -0.15) is 0 Å². The van der Waals surface area contributed by atoms with Crippen molar-refractivity contribution in [1.82, 2.24) is 0 Å². The summed E-state index contributed by atoms with van der Waals surface area (Å²) in [4.78, 5) is 51.4. The number of hydrogen-bond acceptors (Lipinski definition) is 8. The third-order valence-electron chi connectivity index (χ3n) is 9.80. The molecule has 2 aromatic rings. The first kappa shape index (κ1) is 28.3. The number of hydrogen-bond donors (Lipinski definition) is 5. The number of phenols is 2. The highest BCUT2D eigenvalue weighted by atomic mass is 32.2. The third-order valence-corrected chi connectivity index (χ3v) is 10.8. The quantitative estimate of drug-likeness (QED) is 0.261. The molecule has 42 heavy (non-hydrogen) atoms. The lowest BCUT2D eigenvalue weighted by molar-refractivity contribution is -0.169. The first-order valence-electron chi connectivity index (χ1n) is 13.8. The molecule has 0 unspecified atom stereocenters. The second kappa shape index (κ2) is 9.60. The minimum absolute atomic E-state index is 0.112. The van der Waals surface area contributed by atoms with E-state index in [4.69, 9.17) is 4.74 Å². The number of phenolic OH excluding ortho intramolecular Hbond substituents is 1. The summed E-state index contributed by atoms with van der Waals surface area (Å²) < 4.78 is 6.54. The predicted molar refractivity (Wildman–Crippen MR) is 152 cm³/mol. The number of rotatable bonds is 8. The van der Waals surface area contributed by atoms with Crippen LogP contribution in [0.3, 0.4) is 0 Å². The van der Waals surface area contributed by atoms with Gasteiger partial charge in [0.15, 0.2) is 11.5 Å². The molecule has 1 amide bonds. The second-order valence-electron chi connectivity index (χ2n) is 12.4. The van der Waals surface area contributed by atoms with Crippen LogP contribution in [0.4, 0.5) is 5.69 Å². The first-order chi connectivity index (χ1) is 19.8. The number of amides is 1. The smallest absolute Gasteiger partial charge is 0.339 e. The van der Waals surface area contributed by atoms with Gasteiger partial charge in [0, 0.05) is 22.6 Å². The molecule has 4 fully saturated rings. The average molecular weight is 594 g/mol. The van der Waals surface area contributed by atoms with Gasteiger partial charge >= 0.3 is 11.9 Å². The van der Waals surface area contributed by atoms with Crippen molar-refractivity contribution in [3.05, 3.63) is 58.5 Å². The third kappa shape index (κ3) is 4.29. The summed E-state index contributed by atoms with van der Waals surface area (Å²) in [6, 6.07) is 8.49. The zero-order chi connectivity index (χ0) is 30.2. The van der Waals surface area contributed by atoms with Gasteiger partial charge in [-0.25, -0.2) is 9.59 Å². The maximum atomic E-state index is 14.3. The normalized spacial score (nSPS) is 32.4. The van der Waals surface area contributed by atoms with E-state index in [9.17, 15) is 39.6 Å². The molecule has 0 radical (unpaired) electrons. The zero-order valence-electron chi connectivity index (χ0n) is 23.0. The molecule has 2 saturated heterocycles. The van der Waals surface area contributed by atoms with E-state index in [0.29, 0.717) is 10.8 Å². The fourth-order valence-corrected chi connectivity index (χ4v) is 9.23. The van der Waals surface area contributed by atoms with Crippen molar-refractivity contribution in [2.45, 2.75) is 62.6 Å². The number of carbonyl (C=O) groups excluding carboxylic acids is 2. The topological polar surface area (TPSA) is 170 Å². The molecule has 0 aromatic heterocycles. The van der Waals surface area contributed by atoms with Crippen LogP contribution in [0.15, 0.2) is 52.3 Å². The Hall–Kier alpha value is -3.83. The summed E-state index contributed by atoms with van der Waals surface area (Å²) in [6.45, 7) is 4.02. The molecule has 5 aliphatic rings. The molecule has 7 rings (SSSR count). The Bertz CT molecular complexity index is 1570. The van der Waals surface area contributed by atoms with Crippen molar-refractivity contribution in [2.75, 3.05) is 5.32 Å². The summed E-state index contributed by atoms with van der Waals surface area (Å²) in [6.07, 6.45) is 4.54. The van der Waals surface area contributed by atoms with Crippen LogP contribution < -0.4 is 5.32 Å². The van der Waals surface area contributed by atoms with Gasteiger partial charge < -0.3 is 30.5 Å². The van der Waals surface area contributed by atoms with E-state index in [-0.39, 0.29) is 47.2 Å². The number of carboxylic acid groups (broad SMARTS) is 2. The SMILES string of the molecule is C[C@]12C[C@@]34C=C(Sc5ccc(C(=O)O)cc5)C(=O)[C@@](C)(CCC(=O)Nc5c(O)ccc(C(=O)O)c5O)[C@@H]3[C@H](C[C@@H]1C4)O2. The number of benzene rings is 2. The van der Waals surface area contributed by atoms with Crippen molar-refractivity contribution >= 4 is 41.1 Å². The van der Waals surface area contributed by atoms with E-state index in [1.54, 1.807) is 12.1 Å². The standard InChI is InChI=1S/C31H31NO9S/c1-29(10-9-22(34)32-23-19(33)8-7-18(24(23)35)28(39)40)25-20-11-16-12-31(25,14-30(16,2)41-20)13-21(26(29)36)42-17-5-3-15(4-6-17)27(37)38/h3-8,13,16,20,25,33,35H,9-12,14H2,1-2H3,(H,32,34)(H,37,38)(H,39,40)/t16-,20+,25+,29+,30+,31-/m1/s1. The van der Waals surface area contributed by atoms with E-state index in [0.717, 1.165) is 36.3 Å². The number of ketones is 1. The Kier molecular flexibility index (Phi) is 6.47. The van der Waals surface area contributed by atoms with E-state index in [1.807, 2.05) is 6.92 Å². The summed E-state index contributed by atoms with van der Waals surface area (Å²) in [7, 11) is 0. The Labute approximate surface area is 245 Å². The van der Waals surface area contributed by atoms with Crippen molar-refractivity contribution in [2.24, 2.45) is 22.7 Å². The van der Waals surface area contributed by atoms with Crippen LogP contribution in [-0.4, -0.2) is 55.8 Å². The van der Waals surface area contributed by atoms with Crippen LogP contribution in [0, 0.1) is 22.7 Å². The molecular formula is C31H31NO9S. The van der Waals surface area contributed by atoms with Crippen LogP contribution in [0.2, 0.25) is 0 Å². The number of aromatic carboxylic acids is 2. The lowest BCUT2D eigenvalue weighted by Gasteiger charge is -2.56. The minimum Gasteiger partial charge on any atom is -0.506 e. The number of nitrogens with one attached hydrogen (secondary N) is 1. The number of carbonyl (C=O) groups is 4. The van der Waals surface area contributed by atoms with Crippen LogP contribution in [0.25, 0.3) is 0 Å². The van der Waals surface area contributed by atoms with Gasteiger partial charge in [0.05, 0.1) is 22.2 Å². The minimum atomic E-state index is -1.41. The van der Waals surface area contributed by atoms with Gasteiger partial charge in [-0.1, -0.05) is 24.8 Å². The number of aromatic hydroxyl groups is 2. The molecular weight excluding hydrogens is 562 g/mol. The first-order valence-corrected chi connectivity index (χ1v) is 14.6. The van der Waals surface area contributed by atoms with Crippen molar-refractivity contribution in [3.63, 3.8) is 0 Å². The second-order valence-corrected chi connectivity index (χ2v) is 13.5. The molecule has 1 spiro atoms. The molecule has 5 N–H and O–H groups in total. The highest BCUT2D eigenvalue weighted by Crippen LogP contribution is 2.72. The lowest BCUT2D eigenvalue weighted by Crippen LogP contribution is -2.57. The Balaban J connectivity index is 1.29. The van der Waals surface area contributed by atoms with Crippen LogP contribution >= 0.6 is 11.8 Å².